The van der Waals surface area contributed by atoms with Crippen molar-refractivity contribution in [1.29, 1.82) is 0 Å². The molecule has 3 N–H and O–H groups in total. The number of nitrogens with two attached hydrogens (primary N) is 1. The van der Waals surface area contributed by atoms with Crippen molar-refractivity contribution in [3.63, 3.8) is 0 Å². The number of methoxy groups -OCH3 is 1. The van der Waals surface area contributed by atoms with Gasteiger partial charge in [0.2, 0.25) is 0 Å². The van der Waals surface area contributed by atoms with Gasteiger partial charge in [-0.05, 0) is 61.5 Å². The van der Waals surface area contributed by atoms with E-state index in [2.05, 4.69) is 26.8 Å². The van der Waals surface area contributed by atoms with Crippen LogP contribution >= 0.6 is 0 Å². The van der Waals surface area contributed by atoms with Crippen LogP contribution in [0.4, 0.5) is 0 Å². The van der Waals surface area contributed by atoms with Gasteiger partial charge in [0.25, 0.3) is 0 Å². The van der Waals surface area contributed by atoms with Crippen LogP contribution in [-0.2, 0) is 6.42 Å². The Hall–Kier alpha value is -1.26. The van der Waals surface area contributed by atoms with E-state index < -0.39 is 5.54 Å². The van der Waals surface area contributed by atoms with E-state index in [1.54, 1.807) is 7.11 Å². The summed E-state index contributed by atoms with van der Waals surface area (Å²) in [5, 5.41) is 9.87. The second-order valence-electron chi connectivity index (χ2n) is 10.8. The number of hydrogen-bond donors (Lipinski definition) is 2. The molecule has 1 aliphatic carbocycles. The average molecular weight is 448 g/mol. The molecule has 1 aliphatic rings. The minimum atomic E-state index is -0.489. The molecule has 0 amide bonds. The third-order valence-electron chi connectivity index (χ3n) is 7.22. The quantitative estimate of drug-likeness (QED) is 0.267. The molecule has 4 nitrogen and oxygen atoms in total. The average Bonchev–Trinajstić information content (AvgIpc) is 2.74. The third-order valence-corrected chi connectivity index (χ3v) is 7.22. The van der Waals surface area contributed by atoms with Crippen molar-refractivity contribution in [2.24, 2.45) is 23.5 Å². The molecule has 0 spiro atoms. The summed E-state index contributed by atoms with van der Waals surface area (Å²) in [4.78, 5) is 0. The van der Waals surface area contributed by atoms with Gasteiger partial charge in [-0.15, -0.1) is 0 Å². The van der Waals surface area contributed by atoms with Crippen LogP contribution in [0.3, 0.4) is 0 Å². The maximum absolute atomic E-state index is 9.87. The van der Waals surface area contributed by atoms with E-state index in [1.807, 2.05) is 12.1 Å². The van der Waals surface area contributed by atoms with Crippen molar-refractivity contribution in [1.82, 2.24) is 0 Å². The number of ether oxygens (including phenoxy) is 2. The van der Waals surface area contributed by atoms with E-state index in [9.17, 15) is 5.11 Å². The SMILES string of the molecule is COc1cc(OCCCCC(C)CCCC(C)C)ccc1CCC(N)(CO)CC1CCC1. The highest BCUT2D eigenvalue weighted by Crippen LogP contribution is 2.35. The predicted molar refractivity (Wildman–Crippen MR) is 134 cm³/mol. The number of unbranched alkanes of at least 4 members (excludes halogenated alkanes) is 1. The molecular formula is C28H49NO3. The Kier molecular flexibility index (Phi) is 11.9. The van der Waals surface area contributed by atoms with Crippen LogP contribution in [0, 0.1) is 17.8 Å². The molecule has 0 heterocycles. The van der Waals surface area contributed by atoms with Gasteiger partial charge in [-0.3, -0.25) is 0 Å². The smallest absolute Gasteiger partial charge is 0.125 e. The minimum absolute atomic E-state index is 0.0450. The molecule has 184 valence electrons. The Balaban J connectivity index is 1.72. The van der Waals surface area contributed by atoms with Crippen molar-refractivity contribution >= 4 is 0 Å². The highest BCUT2D eigenvalue weighted by molar-refractivity contribution is 5.41. The summed E-state index contributed by atoms with van der Waals surface area (Å²) in [6.45, 7) is 7.78. The van der Waals surface area contributed by atoms with Gasteiger partial charge < -0.3 is 20.3 Å². The predicted octanol–water partition coefficient (Wildman–Crippen LogP) is 6.52. The highest BCUT2D eigenvalue weighted by Gasteiger charge is 2.31. The molecule has 0 aliphatic heterocycles. The summed E-state index contributed by atoms with van der Waals surface area (Å²) in [5.41, 5.74) is 7.16. The summed E-state index contributed by atoms with van der Waals surface area (Å²) < 4.78 is 11.6. The van der Waals surface area contributed by atoms with Gasteiger partial charge in [-0.1, -0.05) is 71.8 Å². The Morgan fingerprint density at radius 3 is 2.47 bits per heavy atom. The van der Waals surface area contributed by atoms with Gasteiger partial charge in [0.05, 0.1) is 20.3 Å². The molecule has 0 radical (unpaired) electrons. The Bertz CT molecular complexity index is 644. The number of aryl methyl sites for hydroxylation is 1. The van der Waals surface area contributed by atoms with Crippen LogP contribution in [0.25, 0.3) is 0 Å². The number of rotatable bonds is 17. The van der Waals surface area contributed by atoms with Gasteiger partial charge in [0.1, 0.15) is 11.5 Å². The van der Waals surface area contributed by atoms with E-state index >= 15 is 0 Å². The number of aliphatic hydroxyl groups is 1. The van der Waals surface area contributed by atoms with E-state index in [4.69, 9.17) is 15.2 Å². The molecule has 2 rings (SSSR count). The van der Waals surface area contributed by atoms with Gasteiger partial charge in [0.15, 0.2) is 0 Å². The van der Waals surface area contributed by atoms with Gasteiger partial charge in [-0.25, -0.2) is 0 Å². The molecule has 0 aromatic heterocycles. The van der Waals surface area contributed by atoms with E-state index in [1.165, 1.54) is 51.4 Å². The first kappa shape index (κ1) is 27.0. The lowest BCUT2D eigenvalue weighted by molar-refractivity contribution is 0.135. The first-order valence-electron chi connectivity index (χ1n) is 13.0. The molecule has 1 saturated carbocycles. The number of benzene rings is 1. The molecule has 0 saturated heterocycles. The lowest BCUT2D eigenvalue weighted by Gasteiger charge is -2.36. The second kappa shape index (κ2) is 14.1. The van der Waals surface area contributed by atoms with E-state index in [0.29, 0.717) is 5.92 Å². The van der Waals surface area contributed by atoms with Crippen molar-refractivity contribution in [3.8, 4) is 11.5 Å². The van der Waals surface area contributed by atoms with Crippen molar-refractivity contribution in [3.05, 3.63) is 23.8 Å². The molecule has 4 heteroatoms. The van der Waals surface area contributed by atoms with Crippen LogP contribution < -0.4 is 15.2 Å². The van der Waals surface area contributed by atoms with Crippen LogP contribution in [0.2, 0.25) is 0 Å². The zero-order valence-corrected chi connectivity index (χ0v) is 21.2. The monoisotopic (exact) mass is 447 g/mol. The van der Waals surface area contributed by atoms with Crippen LogP contribution in [0.1, 0.15) is 97.0 Å². The lowest BCUT2D eigenvalue weighted by Crippen LogP contribution is -2.46. The fourth-order valence-electron chi connectivity index (χ4n) is 4.73. The molecule has 0 bridgehead atoms. The largest absolute Gasteiger partial charge is 0.496 e. The normalized spacial score (nSPS) is 17.1. The standard InChI is InChI=1S/C28H49NO3/c1-22(2)9-7-11-23(3)10-5-6-18-32-26-15-14-25(27(19-26)31-4)16-17-28(29,21-30)20-24-12-8-13-24/h14-15,19,22-24,30H,5-13,16-18,20-21,29H2,1-4H3. The zero-order chi connectivity index (χ0) is 23.4. The molecule has 1 aromatic carbocycles. The van der Waals surface area contributed by atoms with Crippen LogP contribution in [-0.4, -0.2) is 31.0 Å². The van der Waals surface area contributed by atoms with Crippen LogP contribution in [0.15, 0.2) is 18.2 Å². The highest BCUT2D eigenvalue weighted by atomic mass is 16.5. The summed E-state index contributed by atoms with van der Waals surface area (Å²) in [5.74, 6) is 4.04. The first-order valence-corrected chi connectivity index (χ1v) is 13.0. The molecule has 1 fully saturated rings. The fraction of sp³-hybridized carbons (Fsp3) is 0.786. The Morgan fingerprint density at radius 2 is 1.84 bits per heavy atom. The summed E-state index contributed by atoms with van der Waals surface area (Å²) >= 11 is 0. The van der Waals surface area contributed by atoms with E-state index in [-0.39, 0.29) is 6.61 Å². The van der Waals surface area contributed by atoms with Crippen LogP contribution in [0.5, 0.6) is 11.5 Å². The van der Waals surface area contributed by atoms with E-state index in [0.717, 1.165) is 61.2 Å². The number of aliphatic hydroxyl groups excluding tert-OH is 1. The molecule has 2 unspecified atom stereocenters. The third kappa shape index (κ3) is 9.70. The molecule has 2 atom stereocenters. The molecule has 32 heavy (non-hydrogen) atoms. The van der Waals surface area contributed by atoms with Gasteiger partial charge >= 0.3 is 0 Å². The van der Waals surface area contributed by atoms with Crippen molar-refractivity contribution in [2.75, 3.05) is 20.3 Å². The maximum Gasteiger partial charge on any atom is 0.125 e. The second-order valence-corrected chi connectivity index (χ2v) is 10.8. The van der Waals surface area contributed by atoms with Crippen molar-refractivity contribution < 1.29 is 14.6 Å². The Morgan fingerprint density at radius 1 is 1.09 bits per heavy atom. The number of hydrogen-bond acceptors (Lipinski definition) is 4. The molecule has 1 aromatic rings. The summed E-state index contributed by atoms with van der Waals surface area (Å²) in [7, 11) is 1.71. The maximum atomic E-state index is 9.87. The summed E-state index contributed by atoms with van der Waals surface area (Å²) in [6.07, 6.45) is 14.0. The lowest BCUT2D eigenvalue weighted by atomic mass is 9.75. The topological polar surface area (TPSA) is 64.7 Å². The van der Waals surface area contributed by atoms with Gasteiger partial charge in [0, 0.05) is 11.6 Å². The van der Waals surface area contributed by atoms with Gasteiger partial charge in [-0.2, -0.15) is 0 Å². The first-order chi connectivity index (χ1) is 15.3. The molecular weight excluding hydrogens is 398 g/mol. The minimum Gasteiger partial charge on any atom is -0.496 e. The Labute approximate surface area is 197 Å². The summed E-state index contributed by atoms with van der Waals surface area (Å²) in [6, 6.07) is 6.12. The zero-order valence-electron chi connectivity index (χ0n) is 21.2. The van der Waals surface area contributed by atoms with Crippen molar-refractivity contribution in [2.45, 2.75) is 103 Å². The fourth-order valence-corrected chi connectivity index (χ4v) is 4.73.